The number of rotatable bonds is 10. The van der Waals surface area contributed by atoms with E-state index in [0.717, 1.165) is 34.7 Å². The van der Waals surface area contributed by atoms with Gasteiger partial charge in [-0.05, 0) is 61.7 Å². The predicted molar refractivity (Wildman–Crippen MR) is 130 cm³/mol. The van der Waals surface area contributed by atoms with Gasteiger partial charge in [-0.3, -0.25) is 5.41 Å². The van der Waals surface area contributed by atoms with Gasteiger partial charge in [-0.2, -0.15) is 0 Å². The Kier molecular flexibility index (Phi) is 8.38. The zero-order valence-corrected chi connectivity index (χ0v) is 19.6. The minimum atomic E-state index is -0.268. The highest BCUT2D eigenvalue weighted by molar-refractivity contribution is 5.94. The molecule has 1 aromatic heterocycles. The smallest absolute Gasteiger partial charge is 0.143 e. The van der Waals surface area contributed by atoms with Crippen LogP contribution < -0.4 is 4.74 Å². The minimum Gasteiger partial charge on any atom is -0.495 e. The number of imidazole rings is 1. The first-order chi connectivity index (χ1) is 15.9. The fourth-order valence-corrected chi connectivity index (χ4v) is 3.66. The van der Waals surface area contributed by atoms with Crippen LogP contribution in [-0.4, -0.2) is 47.7 Å². The molecule has 0 amide bonds. The molecule has 0 aliphatic carbocycles. The fraction of sp³-hybridized carbons (Fsp3) is 0.308. The molecule has 33 heavy (non-hydrogen) atoms. The van der Waals surface area contributed by atoms with Crippen molar-refractivity contribution in [2.24, 2.45) is 0 Å². The highest BCUT2D eigenvalue weighted by Gasteiger charge is 2.17. The van der Waals surface area contributed by atoms with Crippen molar-refractivity contribution in [3.8, 4) is 11.4 Å². The van der Waals surface area contributed by atoms with Gasteiger partial charge in [-0.25, -0.2) is 9.37 Å². The van der Waals surface area contributed by atoms with Gasteiger partial charge in [0.15, 0.2) is 0 Å². The molecule has 174 valence electrons. The van der Waals surface area contributed by atoms with Crippen LogP contribution in [0.4, 0.5) is 4.39 Å². The van der Waals surface area contributed by atoms with Crippen LogP contribution in [0.5, 0.6) is 5.75 Å². The molecule has 0 bridgehead atoms. The lowest BCUT2D eigenvalue weighted by molar-refractivity contribution is 0.181. The molecule has 1 atom stereocenters. The highest BCUT2D eigenvalue weighted by atomic mass is 19.1. The number of halogens is 1. The van der Waals surface area contributed by atoms with Crippen molar-refractivity contribution in [2.45, 2.75) is 26.3 Å². The van der Waals surface area contributed by atoms with Crippen LogP contribution in [-0.2, 0) is 4.74 Å². The summed E-state index contributed by atoms with van der Waals surface area (Å²) in [6, 6.07) is 12.2. The number of nitrogens with zero attached hydrogens (tertiary/aromatic N) is 3. The first-order valence-electron chi connectivity index (χ1n) is 10.9. The molecular formula is C26H31FN4O2. The number of aromatic nitrogens is 2. The van der Waals surface area contributed by atoms with Crippen LogP contribution in [0.1, 0.15) is 36.2 Å². The van der Waals surface area contributed by atoms with E-state index in [9.17, 15) is 4.39 Å². The lowest BCUT2D eigenvalue weighted by Gasteiger charge is -2.31. The second kappa shape index (κ2) is 11.4. The van der Waals surface area contributed by atoms with Gasteiger partial charge in [0.05, 0.1) is 30.9 Å². The van der Waals surface area contributed by atoms with Crippen molar-refractivity contribution in [1.29, 1.82) is 5.41 Å². The molecule has 6 nitrogen and oxygen atoms in total. The van der Waals surface area contributed by atoms with Gasteiger partial charge in [0, 0.05) is 26.5 Å². The van der Waals surface area contributed by atoms with Crippen molar-refractivity contribution >= 4 is 11.9 Å². The second-order valence-electron chi connectivity index (χ2n) is 7.84. The van der Waals surface area contributed by atoms with Crippen molar-refractivity contribution in [3.05, 3.63) is 83.7 Å². The summed E-state index contributed by atoms with van der Waals surface area (Å²) in [4.78, 5) is 6.27. The first kappa shape index (κ1) is 24.2. The molecule has 3 rings (SSSR count). The molecule has 0 aliphatic heterocycles. The Balaban J connectivity index is 1.80. The summed E-state index contributed by atoms with van der Waals surface area (Å²) in [5.74, 6) is 0.823. The van der Waals surface area contributed by atoms with E-state index >= 15 is 0 Å². The quantitative estimate of drug-likeness (QED) is 0.255. The normalized spacial score (nSPS) is 12.2. The molecule has 3 aromatic rings. The summed E-state index contributed by atoms with van der Waals surface area (Å²) in [5.41, 5.74) is 3.70. The Morgan fingerprint density at radius 3 is 2.61 bits per heavy atom. The monoisotopic (exact) mass is 450 g/mol. The zero-order valence-electron chi connectivity index (χ0n) is 19.6. The average Bonchev–Trinajstić information content (AvgIpc) is 3.26. The molecule has 1 unspecified atom stereocenters. The van der Waals surface area contributed by atoms with Crippen LogP contribution >= 0.6 is 0 Å². The molecule has 0 aliphatic rings. The number of amidine groups is 1. The molecule has 1 heterocycles. The largest absolute Gasteiger partial charge is 0.495 e. The fourth-order valence-electron chi connectivity index (χ4n) is 3.66. The van der Waals surface area contributed by atoms with E-state index in [1.54, 1.807) is 38.8 Å². The molecule has 0 saturated heterocycles. The third kappa shape index (κ3) is 6.29. The molecule has 0 saturated carbocycles. The van der Waals surface area contributed by atoms with Gasteiger partial charge in [-0.15, -0.1) is 0 Å². The van der Waals surface area contributed by atoms with Gasteiger partial charge < -0.3 is 18.9 Å². The van der Waals surface area contributed by atoms with Crippen molar-refractivity contribution in [2.75, 3.05) is 27.4 Å². The Hall–Kier alpha value is -3.45. The lowest BCUT2D eigenvalue weighted by Crippen LogP contribution is -2.33. The van der Waals surface area contributed by atoms with Crippen molar-refractivity contribution < 1.29 is 13.9 Å². The first-order valence-corrected chi connectivity index (χ1v) is 10.9. The molecule has 1 N–H and O–H groups in total. The Morgan fingerprint density at radius 2 is 1.97 bits per heavy atom. The van der Waals surface area contributed by atoms with E-state index in [1.807, 2.05) is 53.8 Å². The number of hydrogen-bond acceptors (Lipinski definition) is 4. The Morgan fingerprint density at radius 1 is 1.21 bits per heavy atom. The van der Waals surface area contributed by atoms with Crippen LogP contribution in [0, 0.1) is 18.2 Å². The molecule has 0 radical (unpaired) electrons. The molecule has 7 heteroatoms. The van der Waals surface area contributed by atoms with Crippen molar-refractivity contribution in [1.82, 2.24) is 14.5 Å². The predicted octanol–water partition coefficient (Wildman–Crippen LogP) is 5.42. The van der Waals surface area contributed by atoms with E-state index in [1.165, 1.54) is 12.1 Å². The SMILES string of the molecule is COCCCN(C(=N)/C=C/c1ccc(-n2cnc(C)c2)c(OC)c1)C(C)c1ccc(F)cc1. The molecular weight excluding hydrogens is 419 g/mol. The number of benzene rings is 2. The maximum Gasteiger partial charge on any atom is 0.143 e. The standard InChI is InChI=1S/C26H31FN4O2/c1-19-17-30(18-29-19)24-12-6-21(16-25(24)33-4)7-13-26(28)31(14-5-15-32-3)20(2)22-8-10-23(27)11-9-22/h6-13,16-18,20,28H,5,14-15H2,1-4H3/b13-7+,28-26?. The lowest BCUT2D eigenvalue weighted by atomic mass is 10.1. The third-order valence-corrected chi connectivity index (χ3v) is 5.50. The average molecular weight is 451 g/mol. The summed E-state index contributed by atoms with van der Waals surface area (Å²) in [7, 11) is 3.31. The zero-order chi connectivity index (χ0) is 23.8. The van der Waals surface area contributed by atoms with E-state index < -0.39 is 0 Å². The van der Waals surface area contributed by atoms with E-state index in [4.69, 9.17) is 14.9 Å². The summed E-state index contributed by atoms with van der Waals surface area (Å²) in [5, 5.41) is 8.71. The van der Waals surface area contributed by atoms with Gasteiger partial charge in [0.1, 0.15) is 17.4 Å². The number of methoxy groups -OCH3 is 2. The Labute approximate surface area is 194 Å². The van der Waals surface area contributed by atoms with Crippen LogP contribution in [0.2, 0.25) is 0 Å². The van der Waals surface area contributed by atoms with Gasteiger partial charge in [0.2, 0.25) is 0 Å². The molecule has 0 fully saturated rings. The topological polar surface area (TPSA) is 63.4 Å². The van der Waals surface area contributed by atoms with E-state index in [0.29, 0.717) is 19.0 Å². The molecule has 0 spiro atoms. The van der Waals surface area contributed by atoms with Gasteiger partial charge in [0.25, 0.3) is 0 Å². The molecule has 2 aromatic carbocycles. The number of ether oxygens (including phenoxy) is 2. The van der Waals surface area contributed by atoms with E-state index in [-0.39, 0.29) is 11.9 Å². The van der Waals surface area contributed by atoms with Crippen LogP contribution in [0.3, 0.4) is 0 Å². The summed E-state index contributed by atoms with van der Waals surface area (Å²) in [6.07, 6.45) is 8.16. The van der Waals surface area contributed by atoms with Gasteiger partial charge in [-0.1, -0.05) is 24.3 Å². The third-order valence-electron chi connectivity index (χ3n) is 5.50. The van der Waals surface area contributed by atoms with E-state index in [2.05, 4.69) is 4.98 Å². The maximum atomic E-state index is 13.4. The highest BCUT2D eigenvalue weighted by Crippen LogP contribution is 2.26. The summed E-state index contributed by atoms with van der Waals surface area (Å²) in [6.45, 7) is 5.22. The number of nitrogens with one attached hydrogen (secondary N) is 1. The van der Waals surface area contributed by atoms with Crippen molar-refractivity contribution in [3.63, 3.8) is 0 Å². The number of hydrogen-bond donors (Lipinski definition) is 1. The van der Waals surface area contributed by atoms with Crippen LogP contribution in [0.25, 0.3) is 11.8 Å². The van der Waals surface area contributed by atoms with Crippen LogP contribution in [0.15, 0.2) is 61.1 Å². The minimum absolute atomic E-state index is 0.0824. The second-order valence-corrected chi connectivity index (χ2v) is 7.84. The summed E-state index contributed by atoms with van der Waals surface area (Å²) < 4.78 is 26.1. The van der Waals surface area contributed by atoms with Gasteiger partial charge >= 0.3 is 0 Å². The number of aryl methyl sites for hydroxylation is 1. The maximum absolute atomic E-state index is 13.4. The Bertz CT molecular complexity index is 1090. The summed E-state index contributed by atoms with van der Waals surface area (Å²) >= 11 is 0.